The molecule has 0 aliphatic rings. The molecular formula is C8H20Cl2Si2. The number of hydrogen-bond donors (Lipinski definition) is 0. The van der Waals surface area contributed by atoms with Crippen molar-refractivity contribution < 1.29 is 0 Å². The molecule has 0 saturated carbocycles. The molecule has 0 spiro atoms. The Labute approximate surface area is 91.4 Å². The van der Waals surface area contributed by atoms with Gasteiger partial charge in [0.2, 0.25) is 7.42 Å². The van der Waals surface area contributed by atoms with Gasteiger partial charge in [0.15, 0.2) is 0 Å². The van der Waals surface area contributed by atoms with Gasteiger partial charge in [0.25, 0.3) is 0 Å². The van der Waals surface area contributed by atoms with Crippen molar-refractivity contribution in [2.75, 3.05) is 0 Å². The van der Waals surface area contributed by atoms with Crippen molar-refractivity contribution in [3.63, 3.8) is 0 Å². The average Bonchev–Trinajstić information content (AvgIpc) is 1.96. The number of unbranched alkanes of at least 4 members (excludes halogenated alkanes) is 4. The van der Waals surface area contributed by atoms with Gasteiger partial charge < -0.3 is 0 Å². The van der Waals surface area contributed by atoms with E-state index in [9.17, 15) is 0 Å². The van der Waals surface area contributed by atoms with Gasteiger partial charge in [-0.2, -0.15) is 22.2 Å². The smallest absolute Gasteiger partial charge is 0.150 e. The Bertz CT molecular complexity index is 97.1. The highest BCUT2D eigenvalue weighted by Gasteiger charge is 1.99. The molecule has 0 atom stereocenters. The standard InChI is InChI=1S/C8H16Cl2Si.H4Si/c1-2-3-4-5-6-7-8-11(9)10;/h2,11H,1,3-8H2;1H4. The maximum atomic E-state index is 5.71. The molecule has 0 fully saturated rings. The van der Waals surface area contributed by atoms with Gasteiger partial charge in [-0.05, 0) is 29.9 Å². The fourth-order valence-electron chi connectivity index (χ4n) is 0.941. The van der Waals surface area contributed by atoms with Crippen molar-refractivity contribution >= 4 is 40.5 Å². The quantitative estimate of drug-likeness (QED) is 0.279. The lowest BCUT2D eigenvalue weighted by molar-refractivity contribution is 0.674. The Morgan fingerprint density at radius 3 is 2.17 bits per heavy atom. The molecule has 4 heteroatoms. The first kappa shape index (κ1) is 15.2. The van der Waals surface area contributed by atoms with Crippen LogP contribution in [0, 0.1) is 0 Å². The van der Waals surface area contributed by atoms with Gasteiger partial charge in [-0.3, -0.25) is 0 Å². The zero-order valence-electron chi connectivity index (χ0n) is 6.86. The van der Waals surface area contributed by atoms with E-state index in [4.69, 9.17) is 22.2 Å². The van der Waals surface area contributed by atoms with E-state index in [2.05, 4.69) is 6.58 Å². The summed E-state index contributed by atoms with van der Waals surface area (Å²) in [6, 6.07) is 1.07. The van der Waals surface area contributed by atoms with Crippen LogP contribution in [0.5, 0.6) is 0 Å². The summed E-state index contributed by atoms with van der Waals surface area (Å²) >= 11 is 11.4. The minimum atomic E-state index is -1.31. The van der Waals surface area contributed by atoms with E-state index in [1.807, 2.05) is 6.08 Å². The maximum absolute atomic E-state index is 5.71. The molecule has 0 aromatic rings. The third kappa shape index (κ3) is 13.4. The molecule has 74 valence electrons. The normalized spacial score (nSPS) is 9.58. The summed E-state index contributed by atoms with van der Waals surface area (Å²) in [7, 11) is -1.31. The van der Waals surface area contributed by atoms with Gasteiger partial charge in [-0.15, -0.1) is 6.58 Å². The van der Waals surface area contributed by atoms with E-state index in [0.717, 1.165) is 12.5 Å². The van der Waals surface area contributed by atoms with Crippen LogP contribution in [0.4, 0.5) is 0 Å². The number of allylic oxidation sites excluding steroid dienone is 1. The van der Waals surface area contributed by atoms with E-state index >= 15 is 0 Å². The predicted molar refractivity (Wildman–Crippen MR) is 68.3 cm³/mol. The topological polar surface area (TPSA) is 0 Å². The van der Waals surface area contributed by atoms with Crippen LogP contribution in [-0.2, 0) is 0 Å². The molecule has 0 radical (unpaired) electrons. The van der Waals surface area contributed by atoms with Crippen LogP contribution in [-0.4, -0.2) is 18.4 Å². The predicted octanol–water partition coefficient (Wildman–Crippen LogP) is 2.37. The van der Waals surface area contributed by atoms with E-state index in [1.165, 1.54) is 25.7 Å². The second-order valence-electron chi connectivity index (χ2n) is 2.67. The first-order chi connectivity index (χ1) is 5.27. The molecule has 0 N–H and O–H groups in total. The van der Waals surface area contributed by atoms with E-state index in [-0.39, 0.29) is 11.0 Å². The fraction of sp³-hybridized carbons (Fsp3) is 0.750. The summed E-state index contributed by atoms with van der Waals surface area (Å²) < 4.78 is 0. The molecule has 0 nitrogen and oxygen atoms in total. The maximum Gasteiger partial charge on any atom is 0.237 e. The lowest BCUT2D eigenvalue weighted by Gasteiger charge is -1.98. The molecule has 0 saturated heterocycles. The Hall–Kier alpha value is 0.754. The van der Waals surface area contributed by atoms with Crippen LogP contribution in [0.3, 0.4) is 0 Å². The molecule has 0 heterocycles. The second-order valence-corrected chi connectivity index (χ2v) is 7.86. The SMILES string of the molecule is C=CCCCCCC[SiH](Cl)Cl.[SiH4]. The minimum Gasteiger partial charge on any atom is -0.150 e. The van der Waals surface area contributed by atoms with Crippen LogP contribution in [0.2, 0.25) is 6.04 Å². The van der Waals surface area contributed by atoms with Gasteiger partial charge in [-0.25, -0.2) is 0 Å². The zero-order valence-corrected chi connectivity index (χ0v) is 9.53. The van der Waals surface area contributed by atoms with Gasteiger partial charge in [-0.1, -0.05) is 25.3 Å². The Morgan fingerprint density at radius 2 is 1.67 bits per heavy atom. The largest absolute Gasteiger partial charge is 0.237 e. The molecule has 0 aromatic carbocycles. The lowest BCUT2D eigenvalue weighted by atomic mass is 10.1. The minimum absolute atomic E-state index is 0. The van der Waals surface area contributed by atoms with Gasteiger partial charge in [0.1, 0.15) is 0 Å². The van der Waals surface area contributed by atoms with Crippen molar-refractivity contribution in [3.05, 3.63) is 12.7 Å². The van der Waals surface area contributed by atoms with E-state index in [0.29, 0.717) is 0 Å². The van der Waals surface area contributed by atoms with Crippen molar-refractivity contribution in [2.45, 2.75) is 38.1 Å². The van der Waals surface area contributed by atoms with Crippen LogP contribution in [0.15, 0.2) is 12.7 Å². The van der Waals surface area contributed by atoms with Crippen LogP contribution in [0.25, 0.3) is 0 Å². The summed E-state index contributed by atoms with van der Waals surface area (Å²) in [4.78, 5) is 0. The van der Waals surface area contributed by atoms with Gasteiger partial charge in [0, 0.05) is 0 Å². The number of rotatable bonds is 7. The van der Waals surface area contributed by atoms with E-state index in [1.54, 1.807) is 0 Å². The summed E-state index contributed by atoms with van der Waals surface area (Å²) in [5, 5.41) is 0. The third-order valence-corrected chi connectivity index (χ3v) is 3.73. The van der Waals surface area contributed by atoms with Crippen LogP contribution in [0.1, 0.15) is 32.1 Å². The Kier molecular flexibility index (Phi) is 14.9. The van der Waals surface area contributed by atoms with Crippen LogP contribution < -0.4 is 0 Å². The van der Waals surface area contributed by atoms with Crippen molar-refractivity contribution in [1.29, 1.82) is 0 Å². The molecule has 12 heavy (non-hydrogen) atoms. The monoisotopic (exact) mass is 242 g/mol. The highest BCUT2D eigenvalue weighted by atomic mass is 35.7. The first-order valence-corrected chi connectivity index (χ1v) is 8.47. The van der Waals surface area contributed by atoms with Gasteiger partial charge >= 0.3 is 0 Å². The number of halogens is 2. The molecule has 0 aliphatic heterocycles. The lowest BCUT2D eigenvalue weighted by Crippen LogP contribution is -1.90. The second kappa shape index (κ2) is 11.8. The highest BCUT2D eigenvalue weighted by molar-refractivity contribution is 7.33. The molecule has 0 unspecified atom stereocenters. The molecular weight excluding hydrogens is 223 g/mol. The summed E-state index contributed by atoms with van der Waals surface area (Å²) in [5.41, 5.74) is 0. The summed E-state index contributed by atoms with van der Waals surface area (Å²) in [6.07, 6.45) is 8.16. The van der Waals surface area contributed by atoms with E-state index < -0.39 is 7.42 Å². The Balaban J connectivity index is 0. The van der Waals surface area contributed by atoms with Gasteiger partial charge in [0.05, 0.1) is 0 Å². The highest BCUT2D eigenvalue weighted by Crippen LogP contribution is 2.11. The van der Waals surface area contributed by atoms with Crippen molar-refractivity contribution in [1.82, 2.24) is 0 Å². The van der Waals surface area contributed by atoms with Crippen molar-refractivity contribution in [3.8, 4) is 0 Å². The summed E-state index contributed by atoms with van der Waals surface area (Å²) in [5.74, 6) is 0. The summed E-state index contributed by atoms with van der Waals surface area (Å²) in [6.45, 7) is 3.67. The van der Waals surface area contributed by atoms with Crippen molar-refractivity contribution in [2.24, 2.45) is 0 Å². The molecule has 0 aliphatic carbocycles. The number of hydrogen-bond acceptors (Lipinski definition) is 0. The first-order valence-electron chi connectivity index (χ1n) is 4.16. The fourth-order valence-corrected chi connectivity index (χ4v) is 2.46. The average molecular weight is 243 g/mol. The third-order valence-electron chi connectivity index (χ3n) is 1.58. The Morgan fingerprint density at radius 1 is 1.08 bits per heavy atom. The molecule has 0 aromatic heterocycles. The molecule has 0 bridgehead atoms. The zero-order chi connectivity index (χ0) is 8.53. The molecule has 0 rings (SSSR count). The molecule has 0 amide bonds. The van der Waals surface area contributed by atoms with Crippen LogP contribution >= 0.6 is 22.2 Å².